The topological polar surface area (TPSA) is 44.5 Å². The molecule has 0 unspecified atom stereocenters. The molecular formula is C8H5F6NO2. The van der Waals surface area contributed by atoms with Crippen molar-refractivity contribution in [2.75, 3.05) is 5.73 Å². The molecule has 0 aliphatic rings. The zero-order valence-corrected chi connectivity index (χ0v) is 7.89. The zero-order valence-electron chi connectivity index (χ0n) is 7.89. The van der Waals surface area contributed by atoms with Crippen LogP contribution in [0.15, 0.2) is 12.1 Å². The fraction of sp³-hybridized carbons (Fsp3) is 0.250. The summed E-state index contributed by atoms with van der Waals surface area (Å²) in [4.78, 5) is 0. The first-order chi connectivity index (χ1) is 7.69. The summed E-state index contributed by atoms with van der Waals surface area (Å²) in [6.45, 7) is -3.35. The average molecular weight is 261 g/mol. The van der Waals surface area contributed by atoms with Gasteiger partial charge >= 0.3 is 13.0 Å². The molecule has 1 aromatic rings. The molecule has 96 valence electrons. The molecule has 0 amide bonds. The largest absolute Gasteiger partial charge is 0.573 e. The van der Waals surface area contributed by atoms with Crippen LogP contribution in [0.25, 0.3) is 0 Å². The Labute approximate surface area is 90.7 Å². The van der Waals surface area contributed by atoms with Crippen molar-refractivity contribution < 1.29 is 35.8 Å². The molecule has 1 rings (SSSR count). The Bertz CT molecular complexity index is 382. The van der Waals surface area contributed by atoms with E-state index in [1.807, 2.05) is 0 Å². The number of alkyl halides is 5. The highest BCUT2D eigenvalue weighted by molar-refractivity contribution is 5.57. The standard InChI is InChI=1S/C8H5F6NO2/c9-4-1-3(17-8(12,13)14)2-5(15)6(4)16-7(10)11/h1-2,7H,15H2. The van der Waals surface area contributed by atoms with E-state index < -0.39 is 36.0 Å². The maximum atomic E-state index is 13.1. The lowest BCUT2D eigenvalue weighted by Crippen LogP contribution is -2.17. The van der Waals surface area contributed by atoms with E-state index in [2.05, 4.69) is 9.47 Å². The third kappa shape index (κ3) is 3.93. The Morgan fingerprint density at radius 1 is 1.18 bits per heavy atom. The van der Waals surface area contributed by atoms with Crippen molar-refractivity contribution in [1.82, 2.24) is 0 Å². The highest BCUT2D eigenvalue weighted by Gasteiger charge is 2.32. The number of ether oxygens (including phenoxy) is 2. The number of anilines is 1. The molecule has 0 bridgehead atoms. The molecule has 0 aromatic heterocycles. The Morgan fingerprint density at radius 2 is 1.76 bits per heavy atom. The normalized spacial score (nSPS) is 11.7. The summed E-state index contributed by atoms with van der Waals surface area (Å²) in [5, 5.41) is 0. The first kappa shape index (κ1) is 13.3. The molecule has 0 atom stereocenters. The minimum atomic E-state index is -5.04. The zero-order chi connectivity index (χ0) is 13.2. The van der Waals surface area contributed by atoms with E-state index >= 15 is 0 Å². The minimum Gasteiger partial charge on any atom is -0.429 e. The second kappa shape index (κ2) is 4.60. The summed E-state index contributed by atoms with van der Waals surface area (Å²) >= 11 is 0. The van der Waals surface area contributed by atoms with Crippen molar-refractivity contribution in [3.05, 3.63) is 17.9 Å². The lowest BCUT2D eigenvalue weighted by molar-refractivity contribution is -0.274. The molecule has 0 aliphatic heterocycles. The number of hydrogen-bond donors (Lipinski definition) is 1. The van der Waals surface area contributed by atoms with Crippen LogP contribution in [0.5, 0.6) is 11.5 Å². The van der Waals surface area contributed by atoms with Crippen molar-refractivity contribution >= 4 is 5.69 Å². The Kier molecular flexibility index (Phi) is 3.59. The van der Waals surface area contributed by atoms with Crippen molar-refractivity contribution in [1.29, 1.82) is 0 Å². The van der Waals surface area contributed by atoms with E-state index in [-0.39, 0.29) is 6.07 Å². The lowest BCUT2D eigenvalue weighted by atomic mass is 10.2. The van der Waals surface area contributed by atoms with E-state index in [1.54, 1.807) is 0 Å². The summed E-state index contributed by atoms with van der Waals surface area (Å²) < 4.78 is 79.0. The predicted molar refractivity (Wildman–Crippen MR) is 44.1 cm³/mol. The van der Waals surface area contributed by atoms with Crippen molar-refractivity contribution in [2.45, 2.75) is 13.0 Å². The molecule has 0 saturated carbocycles. The summed E-state index contributed by atoms with van der Waals surface area (Å²) in [6, 6.07) is 0.760. The van der Waals surface area contributed by atoms with Gasteiger partial charge in [0.25, 0.3) is 0 Å². The Hall–Kier alpha value is -1.80. The van der Waals surface area contributed by atoms with Crippen LogP contribution in [0.2, 0.25) is 0 Å². The van der Waals surface area contributed by atoms with Crippen LogP contribution in [0.4, 0.5) is 32.0 Å². The SMILES string of the molecule is Nc1cc(OC(F)(F)F)cc(F)c1OC(F)F. The van der Waals surface area contributed by atoms with Gasteiger partial charge in [0.05, 0.1) is 5.69 Å². The molecule has 0 saturated heterocycles. The number of benzene rings is 1. The van der Waals surface area contributed by atoms with E-state index in [9.17, 15) is 26.3 Å². The monoisotopic (exact) mass is 261 g/mol. The first-order valence-corrected chi connectivity index (χ1v) is 3.98. The van der Waals surface area contributed by atoms with Gasteiger partial charge in [0.2, 0.25) is 0 Å². The molecule has 0 aliphatic carbocycles. The van der Waals surface area contributed by atoms with Crippen LogP contribution < -0.4 is 15.2 Å². The molecule has 3 nitrogen and oxygen atoms in total. The molecule has 0 fully saturated rings. The maximum Gasteiger partial charge on any atom is 0.573 e. The van der Waals surface area contributed by atoms with Gasteiger partial charge in [0, 0.05) is 12.1 Å². The average Bonchev–Trinajstić information content (AvgIpc) is 2.08. The molecule has 0 heterocycles. The number of rotatable bonds is 3. The quantitative estimate of drug-likeness (QED) is 0.672. The maximum absolute atomic E-state index is 13.1. The van der Waals surface area contributed by atoms with E-state index in [1.165, 1.54) is 0 Å². The van der Waals surface area contributed by atoms with Crippen molar-refractivity contribution in [2.24, 2.45) is 0 Å². The molecule has 0 spiro atoms. The van der Waals surface area contributed by atoms with Gasteiger partial charge in [0.1, 0.15) is 5.75 Å². The highest BCUT2D eigenvalue weighted by atomic mass is 19.4. The van der Waals surface area contributed by atoms with Gasteiger partial charge in [-0.15, -0.1) is 13.2 Å². The van der Waals surface area contributed by atoms with Crippen LogP contribution in [-0.4, -0.2) is 13.0 Å². The third-order valence-corrected chi connectivity index (χ3v) is 1.49. The smallest absolute Gasteiger partial charge is 0.429 e. The Morgan fingerprint density at radius 3 is 2.18 bits per heavy atom. The second-order valence-corrected chi connectivity index (χ2v) is 2.75. The van der Waals surface area contributed by atoms with Crippen LogP contribution in [-0.2, 0) is 0 Å². The molecule has 0 radical (unpaired) electrons. The minimum absolute atomic E-state index is 0.238. The molecule has 1 aromatic carbocycles. The van der Waals surface area contributed by atoms with E-state index in [0.717, 1.165) is 0 Å². The van der Waals surface area contributed by atoms with Gasteiger partial charge in [-0.3, -0.25) is 0 Å². The number of hydrogen-bond acceptors (Lipinski definition) is 3. The Balaban J connectivity index is 3.01. The fourth-order valence-electron chi connectivity index (χ4n) is 0.995. The van der Waals surface area contributed by atoms with Crippen molar-refractivity contribution in [3.63, 3.8) is 0 Å². The lowest BCUT2D eigenvalue weighted by Gasteiger charge is -2.12. The number of halogens is 6. The summed E-state index contributed by atoms with van der Waals surface area (Å²) in [5.74, 6) is -3.48. The number of nitrogen functional groups attached to an aromatic ring is 1. The summed E-state index contributed by atoms with van der Waals surface area (Å²) in [5.41, 5.74) is 4.31. The number of nitrogens with two attached hydrogens (primary N) is 1. The van der Waals surface area contributed by atoms with E-state index in [4.69, 9.17) is 5.73 Å². The first-order valence-electron chi connectivity index (χ1n) is 3.98. The third-order valence-electron chi connectivity index (χ3n) is 1.49. The van der Waals surface area contributed by atoms with Crippen LogP contribution in [0.3, 0.4) is 0 Å². The fourth-order valence-corrected chi connectivity index (χ4v) is 0.995. The predicted octanol–water partition coefficient (Wildman–Crippen LogP) is 2.91. The van der Waals surface area contributed by atoms with Gasteiger partial charge in [-0.2, -0.15) is 8.78 Å². The highest BCUT2D eigenvalue weighted by Crippen LogP contribution is 2.33. The van der Waals surface area contributed by atoms with Crippen LogP contribution >= 0.6 is 0 Å². The molecule has 17 heavy (non-hydrogen) atoms. The van der Waals surface area contributed by atoms with Crippen molar-refractivity contribution in [3.8, 4) is 11.5 Å². The van der Waals surface area contributed by atoms with E-state index in [0.29, 0.717) is 6.07 Å². The molecular weight excluding hydrogens is 256 g/mol. The summed E-state index contributed by atoms with van der Waals surface area (Å²) in [7, 11) is 0. The summed E-state index contributed by atoms with van der Waals surface area (Å²) in [6.07, 6.45) is -5.04. The van der Waals surface area contributed by atoms with Gasteiger partial charge in [0.15, 0.2) is 11.6 Å². The van der Waals surface area contributed by atoms with Gasteiger partial charge < -0.3 is 15.2 Å². The second-order valence-electron chi connectivity index (χ2n) is 2.75. The van der Waals surface area contributed by atoms with Gasteiger partial charge in [-0.25, -0.2) is 4.39 Å². The van der Waals surface area contributed by atoms with Crippen LogP contribution in [0.1, 0.15) is 0 Å². The molecule has 2 N–H and O–H groups in total. The molecule has 9 heteroatoms. The van der Waals surface area contributed by atoms with Gasteiger partial charge in [-0.05, 0) is 0 Å². The van der Waals surface area contributed by atoms with Gasteiger partial charge in [-0.1, -0.05) is 0 Å². The van der Waals surface area contributed by atoms with Crippen LogP contribution in [0, 0.1) is 5.82 Å².